The Bertz CT molecular complexity index is 303. The summed E-state index contributed by atoms with van der Waals surface area (Å²) < 4.78 is 0. The molecule has 2 aromatic rings. The van der Waals surface area contributed by atoms with Crippen LogP contribution in [0.3, 0.4) is 0 Å². The zero-order chi connectivity index (χ0) is 10.2. The Hall–Kier alpha value is -1.05. The van der Waals surface area contributed by atoms with Crippen LogP contribution in [-0.2, 0) is 16.8 Å². The molecule has 0 fully saturated rings. The van der Waals surface area contributed by atoms with Gasteiger partial charge >= 0.3 is 0 Å². The first kappa shape index (κ1) is 13.9. The molecule has 0 spiro atoms. The molecule has 15 heavy (non-hydrogen) atoms. The van der Waals surface area contributed by atoms with Crippen LogP contribution in [0.25, 0.3) is 0 Å². The maximum Gasteiger partial charge on any atom is 0 e. The molecule has 0 aliphatic carbocycles. The number of hydrogen-bond acceptors (Lipinski definition) is 0. The summed E-state index contributed by atoms with van der Waals surface area (Å²) in [5, 5.41) is 0. The van der Waals surface area contributed by atoms with Gasteiger partial charge in [0.15, 0.2) is 0 Å². The first-order valence-corrected chi connectivity index (χ1v) is 4.82. The van der Waals surface area contributed by atoms with Crippen molar-refractivity contribution in [3.05, 3.63) is 71.8 Å². The molecule has 0 saturated heterocycles. The average molecular weight is 243 g/mol. The number of benzene rings is 2. The molecule has 0 aliphatic rings. The molecule has 0 aromatic heterocycles. The van der Waals surface area contributed by atoms with E-state index in [4.69, 9.17) is 0 Å². The summed E-state index contributed by atoms with van der Waals surface area (Å²) in [6.07, 6.45) is 0. The van der Waals surface area contributed by atoms with Gasteiger partial charge in [-0.15, -0.1) is 0 Å². The van der Waals surface area contributed by atoms with E-state index in [9.17, 15) is 0 Å². The van der Waals surface area contributed by atoms with Crippen LogP contribution in [0.4, 0.5) is 0 Å². The van der Waals surface area contributed by atoms with Gasteiger partial charge in [0.25, 0.3) is 0 Å². The zero-order valence-corrected chi connectivity index (χ0v) is 10.1. The minimum Gasteiger partial charge on any atom is -0.0622 e. The zero-order valence-electron chi connectivity index (χ0n) is 9.11. The van der Waals surface area contributed by atoms with Crippen molar-refractivity contribution in [2.24, 2.45) is 0 Å². The van der Waals surface area contributed by atoms with Crippen LogP contribution >= 0.6 is 0 Å². The molecule has 1 heteroatoms. The predicted octanol–water partition coefficient (Wildman–Crippen LogP) is 3.99. The van der Waals surface area contributed by atoms with E-state index in [2.05, 4.69) is 38.1 Å². The van der Waals surface area contributed by atoms with Crippen molar-refractivity contribution in [3.8, 4) is 0 Å². The number of hydrogen-bond donors (Lipinski definition) is 0. The summed E-state index contributed by atoms with van der Waals surface area (Å²) >= 11 is 0. The van der Waals surface area contributed by atoms with Crippen LogP contribution in [0.1, 0.15) is 11.1 Å². The Morgan fingerprint density at radius 1 is 0.533 bits per heavy atom. The fourth-order valence-electron chi connectivity index (χ4n) is 1.07. The van der Waals surface area contributed by atoms with Crippen molar-refractivity contribution < 1.29 is 16.8 Å². The molecule has 0 unspecified atom stereocenters. The molecule has 0 atom stereocenters. The van der Waals surface area contributed by atoms with Crippen molar-refractivity contribution in [1.82, 2.24) is 0 Å². The van der Waals surface area contributed by atoms with Gasteiger partial charge in [-0.2, -0.15) is 0 Å². The molecular weight excluding hydrogens is 227 g/mol. The van der Waals surface area contributed by atoms with Gasteiger partial charge in [0.2, 0.25) is 0 Å². The van der Waals surface area contributed by atoms with Crippen molar-refractivity contribution in [2.45, 2.75) is 13.8 Å². The SMILES string of the molecule is Cc1ccccc1.Cc1ccccc1.[Co]. The van der Waals surface area contributed by atoms with Gasteiger partial charge in [0.1, 0.15) is 0 Å². The molecule has 0 saturated carbocycles. The average Bonchev–Trinajstić information content (AvgIpc) is 2.21. The summed E-state index contributed by atoms with van der Waals surface area (Å²) in [5.41, 5.74) is 2.64. The third-order valence-electron chi connectivity index (χ3n) is 1.88. The van der Waals surface area contributed by atoms with Crippen LogP contribution < -0.4 is 0 Å². The maximum atomic E-state index is 2.08. The molecule has 0 heterocycles. The van der Waals surface area contributed by atoms with Crippen molar-refractivity contribution in [1.29, 1.82) is 0 Å². The van der Waals surface area contributed by atoms with Gasteiger partial charge in [-0.1, -0.05) is 71.8 Å². The third kappa shape index (κ3) is 6.94. The molecule has 0 nitrogen and oxygen atoms in total. The molecule has 1 radical (unpaired) electrons. The summed E-state index contributed by atoms with van der Waals surface area (Å²) in [6, 6.07) is 20.5. The monoisotopic (exact) mass is 243 g/mol. The summed E-state index contributed by atoms with van der Waals surface area (Å²) in [7, 11) is 0. The largest absolute Gasteiger partial charge is 0.0622 e. The Labute approximate surface area is 103 Å². The fraction of sp³-hybridized carbons (Fsp3) is 0.143. The summed E-state index contributed by atoms with van der Waals surface area (Å²) in [6.45, 7) is 4.17. The van der Waals surface area contributed by atoms with E-state index in [-0.39, 0.29) is 16.8 Å². The molecular formula is C14H16Co. The normalized spacial score (nSPS) is 8.13. The van der Waals surface area contributed by atoms with Crippen LogP contribution in [-0.4, -0.2) is 0 Å². The molecule has 81 valence electrons. The van der Waals surface area contributed by atoms with Gasteiger partial charge in [0, 0.05) is 16.8 Å². The minimum atomic E-state index is 0. The van der Waals surface area contributed by atoms with E-state index in [1.807, 2.05) is 36.4 Å². The Morgan fingerprint density at radius 3 is 0.933 bits per heavy atom. The van der Waals surface area contributed by atoms with Crippen molar-refractivity contribution in [3.63, 3.8) is 0 Å². The molecule has 0 N–H and O–H groups in total. The molecule has 0 amide bonds. The smallest absolute Gasteiger partial charge is 0 e. The molecule has 2 rings (SSSR count). The van der Waals surface area contributed by atoms with Gasteiger partial charge < -0.3 is 0 Å². The summed E-state index contributed by atoms with van der Waals surface area (Å²) in [5.74, 6) is 0. The molecule has 2 aromatic carbocycles. The van der Waals surface area contributed by atoms with Crippen LogP contribution in [0.15, 0.2) is 60.7 Å². The van der Waals surface area contributed by atoms with Crippen molar-refractivity contribution >= 4 is 0 Å². The fourth-order valence-corrected chi connectivity index (χ4v) is 1.07. The van der Waals surface area contributed by atoms with E-state index in [1.165, 1.54) is 11.1 Å². The second-order valence-electron chi connectivity index (χ2n) is 3.31. The van der Waals surface area contributed by atoms with E-state index < -0.39 is 0 Å². The molecule has 0 bridgehead atoms. The minimum absolute atomic E-state index is 0. The third-order valence-corrected chi connectivity index (χ3v) is 1.88. The quantitative estimate of drug-likeness (QED) is 0.656. The predicted molar refractivity (Wildman–Crippen MR) is 62.4 cm³/mol. The van der Waals surface area contributed by atoms with Gasteiger partial charge in [-0.05, 0) is 13.8 Å². The van der Waals surface area contributed by atoms with Crippen LogP contribution in [0, 0.1) is 13.8 Å². The van der Waals surface area contributed by atoms with E-state index in [0.717, 1.165) is 0 Å². The van der Waals surface area contributed by atoms with E-state index in [1.54, 1.807) is 0 Å². The van der Waals surface area contributed by atoms with Crippen LogP contribution in [0.5, 0.6) is 0 Å². The van der Waals surface area contributed by atoms with Gasteiger partial charge in [-0.25, -0.2) is 0 Å². The Kier molecular flexibility index (Phi) is 7.69. The first-order chi connectivity index (χ1) is 6.79. The van der Waals surface area contributed by atoms with Gasteiger partial charge in [-0.3, -0.25) is 0 Å². The standard InChI is InChI=1S/2C7H8.Co/c2*1-7-5-3-2-4-6-7;/h2*2-6H,1H3;. The maximum absolute atomic E-state index is 2.08. The topological polar surface area (TPSA) is 0 Å². The first-order valence-electron chi connectivity index (χ1n) is 4.82. The second-order valence-corrected chi connectivity index (χ2v) is 3.31. The van der Waals surface area contributed by atoms with Crippen LogP contribution in [0.2, 0.25) is 0 Å². The Balaban J connectivity index is 0.000000245. The van der Waals surface area contributed by atoms with E-state index >= 15 is 0 Å². The number of aryl methyl sites for hydroxylation is 2. The van der Waals surface area contributed by atoms with Gasteiger partial charge in [0.05, 0.1) is 0 Å². The molecule has 0 aliphatic heterocycles. The Morgan fingerprint density at radius 2 is 0.800 bits per heavy atom. The van der Waals surface area contributed by atoms with Crippen molar-refractivity contribution in [2.75, 3.05) is 0 Å². The second kappa shape index (κ2) is 8.27. The number of rotatable bonds is 0. The van der Waals surface area contributed by atoms with E-state index in [0.29, 0.717) is 0 Å². The summed E-state index contributed by atoms with van der Waals surface area (Å²) in [4.78, 5) is 0.